The molecule has 1 aromatic carbocycles. The molecule has 3 rings (SSSR count). The first-order valence-electron chi connectivity index (χ1n) is 5.32. The predicted octanol–water partition coefficient (Wildman–Crippen LogP) is 1.05. The summed E-state index contributed by atoms with van der Waals surface area (Å²) in [7, 11) is 0. The van der Waals surface area contributed by atoms with Crippen LogP contribution in [0.3, 0.4) is 0 Å². The van der Waals surface area contributed by atoms with E-state index >= 15 is 0 Å². The van der Waals surface area contributed by atoms with Crippen LogP contribution in [-0.4, -0.2) is 12.5 Å². The van der Waals surface area contributed by atoms with Gasteiger partial charge in [-0.25, -0.2) is 4.99 Å². The van der Waals surface area contributed by atoms with E-state index in [0.717, 1.165) is 6.07 Å². The first-order valence-corrected chi connectivity index (χ1v) is 5.32. The SMILES string of the molecule is O=C1Cc2c3c(cc(C(F)(F)F)c2=N1)=NCC=C3. The monoisotopic (exact) mass is 252 g/mol. The number of hydrogen-bond acceptors (Lipinski definition) is 2. The van der Waals surface area contributed by atoms with Crippen LogP contribution in [0.5, 0.6) is 0 Å². The molecule has 2 aliphatic rings. The Kier molecular flexibility index (Phi) is 2.17. The highest BCUT2D eigenvalue weighted by Crippen LogP contribution is 2.27. The van der Waals surface area contributed by atoms with Gasteiger partial charge in [-0.2, -0.15) is 13.2 Å². The molecule has 1 aromatic rings. The molecule has 0 N–H and O–H groups in total. The van der Waals surface area contributed by atoms with Crippen LogP contribution in [0.2, 0.25) is 0 Å². The van der Waals surface area contributed by atoms with Crippen LogP contribution in [-0.2, 0) is 17.4 Å². The molecule has 1 amide bonds. The molecule has 0 aliphatic carbocycles. The molecule has 0 radical (unpaired) electrons. The molecule has 6 heteroatoms. The average Bonchev–Trinajstić information content (AvgIpc) is 2.68. The third-order valence-corrected chi connectivity index (χ3v) is 2.94. The van der Waals surface area contributed by atoms with Gasteiger partial charge in [0.25, 0.3) is 5.91 Å². The van der Waals surface area contributed by atoms with Gasteiger partial charge in [0.2, 0.25) is 0 Å². The van der Waals surface area contributed by atoms with Gasteiger partial charge in [0.15, 0.2) is 0 Å². The highest BCUT2D eigenvalue weighted by Gasteiger charge is 2.36. The van der Waals surface area contributed by atoms with Crippen molar-refractivity contribution in [2.24, 2.45) is 9.98 Å². The standard InChI is InChI=1S/C12H7F3N2O/c13-12(14,15)8-5-9-6(2-1-3-16-9)7-4-10(18)17-11(7)8/h1-2,5H,3-4H2. The lowest BCUT2D eigenvalue weighted by Crippen LogP contribution is -2.28. The molecular weight excluding hydrogens is 245 g/mol. The van der Waals surface area contributed by atoms with Crippen molar-refractivity contribution in [3.05, 3.63) is 39.5 Å². The Hall–Kier alpha value is -1.98. The normalized spacial score (nSPS) is 16.9. The molecule has 0 spiro atoms. The molecule has 0 saturated carbocycles. The lowest BCUT2D eigenvalue weighted by Gasteiger charge is -2.11. The average molecular weight is 252 g/mol. The van der Waals surface area contributed by atoms with Crippen LogP contribution < -0.4 is 10.7 Å². The Bertz CT molecular complexity index is 702. The summed E-state index contributed by atoms with van der Waals surface area (Å²) < 4.78 is 38.7. The van der Waals surface area contributed by atoms with E-state index in [0.29, 0.717) is 17.7 Å². The van der Waals surface area contributed by atoms with Crippen molar-refractivity contribution < 1.29 is 18.0 Å². The molecule has 0 unspecified atom stereocenters. The molecular formula is C12H7F3N2O. The van der Waals surface area contributed by atoms with Crippen LogP contribution in [0, 0.1) is 0 Å². The van der Waals surface area contributed by atoms with Crippen LogP contribution in [0.4, 0.5) is 13.2 Å². The summed E-state index contributed by atoms with van der Waals surface area (Å²) in [5.74, 6) is -0.539. The van der Waals surface area contributed by atoms with E-state index in [2.05, 4.69) is 9.98 Å². The molecule has 2 heterocycles. The Morgan fingerprint density at radius 3 is 2.78 bits per heavy atom. The summed E-state index contributed by atoms with van der Waals surface area (Å²) in [6, 6.07) is 0.972. The maximum atomic E-state index is 12.9. The molecule has 0 fully saturated rings. The molecule has 0 bridgehead atoms. The van der Waals surface area contributed by atoms with Crippen LogP contribution in [0.15, 0.2) is 22.1 Å². The van der Waals surface area contributed by atoms with Crippen LogP contribution >= 0.6 is 0 Å². The van der Waals surface area contributed by atoms with Crippen molar-refractivity contribution in [3.8, 4) is 0 Å². The Morgan fingerprint density at radius 1 is 1.28 bits per heavy atom. The summed E-state index contributed by atoms with van der Waals surface area (Å²) >= 11 is 0. The summed E-state index contributed by atoms with van der Waals surface area (Å²) in [6.45, 7) is 0.355. The van der Waals surface area contributed by atoms with E-state index < -0.39 is 17.6 Å². The van der Waals surface area contributed by atoms with Crippen molar-refractivity contribution in [1.29, 1.82) is 0 Å². The van der Waals surface area contributed by atoms with Crippen LogP contribution in [0.1, 0.15) is 16.7 Å². The second-order valence-corrected chi connectivity index (χ2v) is 4.11. The van der Waals surface area contributed by atoms with Crippen molar-refractivity contribution in [3.63, 3.8) is 0 Å². The minimum atomic E-state index is -4.52. The minimum absolute atomic E-state index is 0.0819. The molecule has 2 aliphatic heterocycles. The predicted molar refractivity (Wildman–Crippen MR) is 56.4 cm³/mol. The number of amides is 1. The Morgan fingerprint density at radius 2 is 2.06 bits per heavy atom. The highest BCUT2D eigenvalue weighted by atomic mass is 19.4. The van der Waals surface area contributed by atoms with E-state index in [4.69, 9.17) is 0 Å². The lowest BCUT2D eigenvalue weighted by molar-refractivity contribution is -0.138. The van der Waals surface area contributed by atoms with Crippen molar-refractivity contribution >= 4 is 12.0 Å². The summed E-state index contributed by atoms with van der Waals surface area (Å²) in [6.07, 6.45) is -1.15. The number of carbonyl (C=O) groups excluding carboxylic acids is 1. The van der Waals surface area contributed by atoms with Crippen molar-refractivity contribution in [2.75, 3.05) is 6.54 Å². The zero-order valence-electron chi connectivity index (χ0n) is 9.08. The number of halogens is 3. The van der Waals surface area contributed by atoms with Gasteiger partial charge in [-0.05, 0) is 11.6 Å². The van der Waals surface area contributed by atoms with E-state index in [1.165, 1.54) is 0 Å². The maximum Gasteiger partial charge on any atom is 0.418 e. The van der Waals surface area contributed by atoms with Gasteiger partial charge in [-0.3, -0.25) is 9.79 Å². The van der Waals surface area contributed by atoms with E-state index in [1.807, 2.05) is 0 Å². The summed E-state index contributed by atoms with van der Waals surface area (Å²) in [5, 5.41) is 0.0430. The lowest BCUT2D eigenvalue weighted by atomic mass is 9.99. The number of alkyl halides is 3. The number of carbonyl (C=O) groups is 1. The first kappa shape index (κ1) is 11.1. The number of fused-ring (bicyclic) bond motifs is 3. The van der Waals surface area contributed by atoms with Gasteiger partial charge >= 0.3 is 6.18 Å². The Balaban J connectivity index is 2.43. The zero-order chi connectivity index (χ0) is 12.9. The van der Waals surface area contributed by atoms with Gasteiger partial charge in [0.1, 0.15) is 0 Å². The Labute approximate surface area is 99.4 Å². The number of rotatable bonds is 0. The number of hydrogen-bond donors (Lipinski definition) is 0. The fraction of sp³-hybridized carbons (Fsp3) is 0.250. The third kappa shape index (κ3) is 1.56. The van der Waals surface area contributed by atoms with E-state index in [1.54, 1.807) is 12.2 Å². The molecule has 92 valence electrons. The fourth-order valence-corrected chi connectivity index (χ4v) is 2.20. The zero-order valence-corrected chi connectivity index (χ0v) is 9.08. The molecule has 3 nitrogen and oxygen atoms in total. The van der Waals surface area contributed by atoms with E-state index in [9.17, 15) is 18.0 Å². The first-order chi connectivity index (χ1) is 8.47. The third-order valence-electron chi connectivity index (χ3n) is 2.94. The second kappa shape index (κ2) is 3.51. The van der Waals surface area contributed by atoms with Gasteiger partial charge in [-0.15, -0.1) is 0 Å². The van der Waals surface area contributed by atoms with Gasteiger partial charge in [0, 0.05) is 5.56 Å². The number of benzene rings is 1. The molecule has 0 saturated heterocycles. The van der Waals surface area contributed by atoms with Crippen molar-refractivity contribution in [2.45, 2.75) is 12.6 Å². The number of nitrogens with zero attached hydrogens (tertiary/aromatic N) is 2. The maximum absolute atomic E-state index is 12.9. The molecule has 18 heavy (non-hydrogen) atoms. The largest absolute Gasteiger partial charge is 0.418 e. The minimum Gasteiger partial charge on any atom is -0.281 e. The smallest absolute Gasteiger partial charge is 0.281 e. The highest BCUT2D eigenvalue weighted by molar-refractivity contribution is 5.84. The topological polar surface area (TPSA) is 41.8 Å². The molecule has 0 aromatic heterocycles. The van der Waals surface area contributed by atoms with Gasteiger partial charge < -0.3 is 0 Å². The second-order valence-electron chi connectivity index (χ2n) is 4.11. The van der Waals surface area contributed by atoms with Crippen LogP contribution in [0.25, 0.3) is 6.08 Å². The summed E-state index contributed by atoms with van der Waals surface area (Å²) in [5.41, 5.74) is 0.0459. The van der Waals surface area contributed by atoms with E-state index in [-0.39, 0.29) is 17.1 Å². The quantitative estimate of drug-likeness (QED) is 0.680. The van der Waals surface area contributed by atoms with Gasteiger partial charge in [0.05, 0.1) is 29.2 Å². The fourth-order valence-electron chi connectivity index (χ4n) is 2.20. The summed E-state index contributed by atoms with van der Waals surface area (Å²) in [4.78, 5) is 18.8. The molecule has 0 atom stereocenters. The van der Waals surface area contributed by atoms with Crippen molar-refractivity contribution in [1.82, 2.24) is 0 Å². The van der Waals surface area contributed by atoms with Gasteiger partial charge in [-0.1, -0.05) is 12.2 Å².